The molecule has 0 heterocycles. The van der Waals surface area contributed by atoms with Crippen LogP contribution in [0.4, 0.5) is 0 Å². The van der Waals surface area contributed by atoms with Crippen LogP contribution in [0.1, 0.15) is 67.2 Å². The molecular formula is C15H29NO3S. The Morgan fingerprint density at radius 1 is 1.05 bits per heavy atom. The van der Waals surface area contributed by atoms with E-state index in [2.05, 4.69) is 4.72 Å². The van der Waals surface area contributed by atoms with E-state index in [1.165, 1.54) is 0 Å². The van der Waals surface area contributed by atoms with Crippen molar-refractivity contribution in [3.05, 3.63) is 0 Å². The summed E-state index contributed by atoms with van der Waals surface area (Å²) in [6.07, 6.45) is 3.39. The Bertz CT molecular complexity index is 360. The van der Waals surface area contributed by atoms with Gasteiger partial charge in [0.15, 0.2) is 0 Å². The number of hydrogen-bond acceptors (Lipinski definition) is 3. The SMILES string of the molecule is CC(C)(C)OC(=O)C1CCC(NS(=O)C(C)(C)C)CC1. The Morgan fingerprint density at radius 2 is 1.55 bits per heavy atom. The molecule has 0 aromatic rings. The summed E-state index contributed by atoms with van der Waals surface area (Å²) >= 11 is 0. The van der Waals surface area contributed by atoms with Gasteiger partial charge in [0, 0.05) is 6.04 Å². The lowest BCUT2D eigenvalue weighted by Crippen LogP contribution is -2.42. The second kappa shape index (κ2) is 6.56. The smallest absolute Gasteiger partial charge is 0.309 e. The number of esters is 1. The second-order valence-corrected chi connectivity index (χ2v) is 9.58. The molecule has 0 spiro atoms. The minimum atomic E-state index is -1.04. The van der Waals surface area contributed by atoms with Crippen molar-refractivity contribution in [3.8, 4) is 0 Å². The van der Waals surface area contributed by atoms with Gasteiger partial charge < -0.3 is 4.74 Å². The van der Waals surface area contributed by atoms with Gasteiger partial charge in [0.2, 0.25) is 0 Å². The van der Waals surface area contributed by atoms with Crippen molar-refractivity contribution in [1.82, 2.24) is 4.72 Å². The molecule has 5 heteroatoms. The largest absolute Gasteiger partial charge is 0.460 e. The van der Waals surface area contributed by atoms with E-state index in [-0.39, 0.29) is 22.7 Å². The van der Waals surface area contributed by atoms with E-state index < -0.39 is 16.6 Å². The predicted octanol–water partition coefficient (Wildman–Crippen LogP) is 2.94. The molecule has 1 saturated carbocycles. The monoisotopic (exact) mass is 303 g/mol. The van der Waals surface area contributed by atoms with E-state index >= 15 is 0 Å². The lowest BCUT2D eigenvalue weighted by Gasteiger charge is -2.31. The zero-order chi connectivity index (χ0) is 15.6. The van der Waals surface area contributed by atoms with Gasteiger partial charge in [-0.3, -0.25) is 4.79 Å². The van der Waals surface area contributed by atoms with Crippen molar-refractivity contribution in [3.63, 3.8) is 0 Å². The first kappa shape index (κ1) is 17.6. The summed E-state index contributed by atoms with van der Waals surface area (Å²) in [5.41, 5.74) is -0.417. The Kier molecular flexibility index (Phi) is 5.79. The molecule has 1 N–H and O–H groups in total. The lowest BCUT2D eigenvalue weighted by molar-refractivity contribution is -0.161. The molecule has 0 bridgehead atoms. The number of rotatable bonds is 3. The number of ether oxygens (including phenoxy) is 1. The number of carbonyl (C=O) groups excluding carboxylic acids is 1. The number of hydrogen-bond donors (Lipinski definition) is 1. The van der Waals surface area contributed by atoms with Gasteiger partial charge in [0.05, 0.1) is 21.7 Å². The van der Waals surface area contributed by atoms with E-state index in [1.807, 2.05) is 41.5 Å². The van der Waals surface area contributed by atoms with Crippen LogP contribution in [0.25, 0.3) is 0 Å². The van der Waals surface area contributed by atoms with Crippen LogP contribution in [-0.4, -0.2) is 26.6 Å². The molecule has 0 aromatic carbocycles. The molecule has 1 unspecified atom stereocenters. The first-order chi connectivity index (χ1) is 8.99. The quantitative estimate of drug-likeness (QED) is 0.816. The van der Waals surface area contributed by atoms with Crippen molar-refractivity contribution in [1.29, 1.82) is 0 Å². The highest BCUT2D eigenvalue weighted by Crippen LogP contribution is 2.27. The zero-order valence-corrected chi connectivity index (χ0v) is 14.4. The minimum Gasteiger partial charge on any atom is -0.460 e. The predicted molar refractivity (Wildman–Crippen MR) is 82.6 cm³/mol. The van der Waals surface area contributed by atoms with Gasteiger partial charge in [-0.25, -0.2) is 8.93 Å². The molecule has 1 rings (SSSR count). The standard InChI is InChI=1S/C15H29NO3S/c1-14(2,3)19-13(17)11-7-9-12(10-8-11)16-20(18)15(4,5)6/h11-12,16H,7-10H2,1-6H3. The zero-order valence-electron chi connectivity index (χ0n) is 13.6. The van der Waals surface area contributed by atoms with Crippen LogP contribution in [0.5, 0.6) is 0 Å². The summed E-state index contributed by atoms with van der Waals surface area (Å²) in [6.45, 7) is 11.6. The van der Waals surface area contributed by atoms with Crippen LogP contribution >= 0.6 is 0 Å². The highest BCUT2D eigenvalue weighted by molar-refractivity contribution is 7.84. The van der Waals surface area contributed by atoms with Crippen molar-refractivity contribution < 1.29 is 13.7 Å². The molecule has 0 aromatic heterocycles. The fourth-order valence-corrected chi connectivity index (χ4v) is 3.05. The molecule has 4 nitrogen and oxygen atoms in total. The van der Waals surface area contributed by atoms with Crippen LogP contribution in [0.2, 0.25) is 0 Å². The Balaban J connectivity index is 2.41. The molecule has 118 valence electrons. The summed E-state index contributed by atoms with van der Waals surface area (Å²) in [5, 5.41) is 0. The van der Waals surface area contributed by atoms with E-state index in [9.17, 15) is 9.00 Å². The average Bonchev–Trinajstić information content (AvgIpc) is 2.26. The Hall–Kier alpha value is -0.420. The van der Waals surface area contributed by atoms with Crippen LogP contribution in [-0.2, 0) is 20.5 Å². The molecule has 0 amide bonds. The van der Waals surface area contributed by atoms with Gasteiger partial charge >= 0.3 is 5.97 Å². The summed E-state index contributed by atoms with van der Waals surface area (Å²) in [4.78, 5) is 12.0. The van der Waals surface area contributed by atoms with E-state index in [4.69, 9.17) is 4.74 Å². The third-order valence-corrected chi connectivity index (χ3v) is 4.96. The summed E-state index contributed by atoms with van der Waals surface area (Å²) in [5.74, 6) is -0.0942. The highest BCUT2D eigenvalue weighted by atomic mass is 32.2. The molecule has 0 radical (unpaired) electrons. The van der Waals surface area contributed by atoms with Crippen LogP contribution < -0.4 is 4.72 Å². The molecule has 0 aliphatic heterocycles. The maximum absolute atomic E-state index is 12.0. The van der Waals surface area contributed by atoms with Crippen LogP contribution in [0, 0.1) is 5.92 Å². The Labute approximate surface area is 125 Å². The maximum Gasteiger partial charge on any atom is 0.309 e. The average molecular weight is 303 g/mol. The van der Waals surface area contributed by atoms with Gasteiger partial charge in [0.25, 0.3) is 0 Å². The van der Waals surface area contributed by atoms with Gasteiger partial charge in [-0.15, -0.1) is 0 Å². The van der Waals surface area contributed by atoms with E-state index in [0.29, 0.717) is 0 Å². The number of carbonyl (C=O) groups is 1. The van der Waals surface area contributed by atoms with Crippen LogP contribution in [0.3, 0.4) is 0 Å². The Morgan fingerprint density at radius 3 is 1.95 bits per heavy atom. The van der Waals surface area contributed by atoms with E-state index in [1.54, 1.807) is 0 Å². The number of nitrogens with one attached hydrogen (secondary N) is 1. The van der Waals surface area contributed by atoms with Crippen molar-refractivity contribution in [2.75, 3.05) is 0 Å². The first-order valence-electron chi connectivity index (χ1n) is 7.40. The molecule has 20 heavy (non-hydrogen) atoms. The molecule has 0 saturated heterocycles. The highest BCUT2D eigenvalue weighted by Gasteiger charge is 2.31. The van der Waals surface area contributed by atoms with E-state index in [0.717, 1.165) is 25.7 Å². The molecular weight excluding hydrogens is 274 g/mol. The minimum absolute atomic E-state index is 0.00431. The third-order valence-electron chi connectivity index (χ3n) is 3.30. The lowest BCUT2D eigenvalue weighted by atomic mass is 9.86. The molecule has 1 aliphatic rings. The van der Waals surface area contributed by atoms with Crippen LogP contribution in [0.15, 0.2) is 0 Å². The molecule has 1 fully saturated rings. The third kappa shape index (κ3) is 5.92. The van der Waals surface area contributed by atoms with Crippen molar-refractivity contribution >= 4 is 17.0 Å². The van der Waals surface area contributed by atoms with Crippen molar-refractivity contribution in [2.24, 2.45) is 5.92 Å². The molecule has 1 aliphatic carbocycles. The van der Waals surface area contributed by atoms with Gasteiger partial charge in [-0.05, 0) is 67.2 Å². The second-order valence-electron chi connectivity index (χ2n) is 7.58. The van der Waals surface area contributed by atoms with Gasteiger partial charge in [0.1, 0.15) is 5.60 Å². The fraction of sp³-hybridized carbons (Fsp3) is 0.933. The fourth-order valence-electron chi connectivity index (χ4n) is 2.16. The summed E-state index contributed by atoms with van der Waals surface area (Å²) in [7, 11) is -1.04. The first-order valence-corrected chi connectivity index (χ1v) is 8.55. The summed E-state index contributed by atoms with van der Waals surface area (Å²) < 4.78 is 20.4. The van der Waals surface area contributed by atoms with Gasteiger partial charge in [-0.2, -0.15) is 0 Å². The molecule has 1 atom stereocenters. The van der Waals surface area contributed by atoms with Crippen molar-refractivity contribution in [2.45, 2.75) is 83.6 Å². The van der Waals surface area contributed by atoms with Gasteiger partial charge in [-0.1, -0.05) is 0 Å². The maximum atomic E-state index is 12.0. The normalized spacial score (nSPS) is 26.1. The topological polar surface area (TPSA) is 55.4 Å². The summed E-state index contributed by atoms with van der Waals surface area (Å²) in [6, 6.07) is 0.244.